The molecule has 0 atom stereocenters. The molecule has 0 aromatic rings. The van der Waals surface area contributed by atoms with Crippen molar-refractivity contribution in [3.8, 4) is 0 Å². The van der Waals surface area contributed by atoms with Crippen LogP contribution in [0.2, 0.25) is 0 Å². The summed E-state index contributed by atoms with van der Waals surface area (Å²) in [6, 6.07) is 0. The molecule has 0 heterocycles. The van der Waals surface area contributed by atoms with Crippen LogP contribution in [0.3, 0.4) is 0 Å². The smallest absolute Gasteiger partial charge is 0.00156 e. The van der Waals surface area contributed by atoms with Crippen LogP contribution in [-0.2, 0) is 0 Å². The maximum Gasteiger partial charge on any atom is 0.00156 e. The third-order valence-corrected chi connectivity index (χ3v) is 0.657. The van der Waals surface area contributed by atoms with E-state index in [2.05, 4.69) is 19.2 Å². The molecule has 1 nitrogen and oxygen atoms in total. The number of nitrogens with two attached hydrogens (primary N) is 1. The van der Waals surface area contributed by atoms with Crippen LogP contribution in [0.5, 0.6) is 0 Å². The van der Waals surface area contributed by atoms with Crippen LogP contribution in [0.1, 0.15) is 6.42 Å². The van der Waals surface area contributed by atoms with E-state index in [0.717, 1.165) is 12.2 Å². The normalized spacial score (nSPS) is 8.17. The van der Waals surface area contributed by atoms with Crippen LogP contribution in [0, 0.1) is 0 Å². The van der Waals surface area contributed by atoms with Gasteiger partial charge in [-0.2, -0.15) is 12.6 Å². The van der Waals surface area contributed by atoms with Gasteiger partial charge >= 0.3 is 0 Å². The molecular formula is C4H9NS. The predicted molar refractivity (Wildman–Crippen MR) is 31.8 cm³/mol. The van der Waals surface area contributed by atoms with Crippen molar-refractivity contribution in [1.82, 2.24) is 0 Å². The fourth-order valence-electron chi connectivity index (χ4n) is 0.144. The molecule has 0 radical (unpaired) electrons. The van der Waals surface area contributed by atoms with Crippen LogP contribution in [0.25, 0.3) is 0 Å². The highest BCUT2D eigenvalue weighted by molar-refractivity contribution is 7.80. The Morgan fingerprint density at radius 3 is 2.33 bits per heavy atom. The van der Waals surface area contributed by atoms with E-state index < -0.39 is 0 Å². The molecule has 0 amide bonds. The maximum absolute atomic E-state index is 5.16. The summed E-state index contributed by atoms with van der Waals surface area (Å²) in [6.07, 6.45) is 0.823. The van der Waals surface area contributed by atoms with Crippen LogP contribution >= 0.6 is 12.6 Å². The fourth-order valence-corrected chi connectivity index (χ4v) is 0.431. The van der Waals surface area contributed by atoms with Crippen molar-refractivity contribution in [1.29, 1.82) is 0 Å². The van der Waals surface area contributed by atoms with Gasteiger partial charge in [-0.1, -0.05) is 6.58 Å². The van der Waals surface area contributed by atoms with Gasteiger partial charge in [-0.25, -0.2) is 0 Å². The summed E-state index contributed by atoms with van der Waals surface area (Å²) >= 11 is 3.92. The van der Waals surface area contributed by atoms with Gasteiger partial charge in [-0.15, -0.1) is 0 Å². The van der Waals surface area contributed by atoms with Gasteiger partial charge in [0.2, 0.25) is 0 Å². The largest absolute Gasteiger partial charge is 0.402 e. The molecule has 36 valence electrons. The molecule has 2 heteroatoms. The van der Waals surface area contributed by atoms with Crippen molar-refractivity contribution in [2.24, 2.45) is 5.73 Å². The van der Waals surface area contributed by atoms with E-state index in [9.17, 15) is 0 Å². The Morgan fingerprint density at radius 1 is 1.83 bits per heavy atom. The third kappa shape index (κ3) is 3.89. The zero-order valence-electron chi connectivity index (χ0n) is 3.65. The van der Waals surface area contributed by atoms with Gasteiger partial charge in [-0.05, 0) is 12.2 Å². The van der Waals surface area contributed by atoms with Gasteiger partial charge in [0, 0.05) is 5.70 Å². The molecule has 0 spiro atoms. The summed E-state index contributed by atoms with van der Waals surface area (Å²) in [6.45, 7) is 3.47. The van der Waals surface area contributed by atoms with Gasteiger partial charge in [0.25, 0.3) is 0 Å². The third-order valence-electron chi connectivity index (χ3n) is 0.433. The van der Waals surface area contributed by atoms with Crippen molar-refractivity contribution < 1.29 is 0 Å². The van der Waals surface area contributed by atoms with Gasteiger partial charge in [0.15, 0.2) is 0 Å². The lowest BCUT2D eigenvalue weighted by Crippen LogP contribution is -1.93. The molecular weight excluding hydrogens is 94.1 g/mol. The summed E-state index contributed by atoms with van der Waals surface area (Å²) in [5.74, 6) is 0.801. The fraction of sp³-hybridized carbons (Fsp3) is 0.500. The minimum absolute atomic E-state index is 0.713. The number of hydrogen-bond donors (Lipinski definition) is 2. The second kappa shape index (κ2) is 3.09. The lowest BCUT2D eigenvalue weighted by molar-refractivity contribution is 1.10. The molecule has 0 bridgehead atoms. The quantitative estimate of drug-likeness (QED) is 0.496. The predicted octanol–water partition coefficient (Wildman–Crippen LogP) is 0.779. The minimum atomic E-state index is 0.713. The Morgan fingerprint density at radius 2 is 2.33 bits per heavy atom. The van der Waals surface area contributed by atoms with Gasteiger partial charge in [0.05, 0.1) is 0 Å². The summed E-state index contributed by atoms with van der Waals surface area (Å²) in [5.41, 5.74) is 5.87. The zero-order chi connectivity index (χ0) is 4.99. The monoisotopic (exact) mass is 103 g/mol. The summed E-state index contributed by atoms with van der Waals surface area (Å²) in [4.78, 5) is 0. The Bertz CT molecular complexity index is 51.5. The first kappa shape index (κ1) is 5.89. The highest BCUT2D eigenvalue weighted by Crippen LogP contribution is 1.87. The van der Waals surface area contributed by atoms with Crippen molar-refractivity contribution >= 4 is 12.6 Å². The van der Waals surface area contributed by atoms with Crippen molar-refractivity contribution in [3.05, 3.63) is 12.3 Å². The van der Waals surface area contributed by atoms with E-state index in [1.165, 1.54) is 0 Å². The highest BCUT2D eigenvalue weighted by atomic mass is 32.1. The molecule has 6 heavy (non-hydrogen) atoms. The Hall–Kier alpha value is -0.110. The van der Waals surface area contributed by atoms with Crippen LogP contribution in [0.4, 0.5) is 0 Å². The van der Waals surface area contributed by atoms with Crippen molar-refractivity contribution in [2.75, 3.05) is 5.75 Å². The van der Waals surface area contributed by atoms with E-state index >= 15 is 0 Å². The highest BCUT2D eigenvalue weighted by Gasteiger charge is 1.77. The molecule has 0 aromatic heterocycles. The number of hydrogen-bond acceptors (Lipinski definition) is 2. The molecule has 0 aliphatic heterocycles. The molecule has 2 N–H and O–H groups in total. The van der Waals surface area contributed by atoms with Crippen molar-refractivity contribution in [2.45, 2.75) is 6.42 Å². The first-order valence-electron chi connectivity index (χ1n) is 1.81. The van der Waals surface area contributed by atoms with Crippen LogP contribution in [-0.4, -0.2) is 5.75 Å². The molecule has 0 fully saturated rings. The zero-order valence-corrected chi connectivity index (χ0v) is 4.54. The Kier molecular flexibility index (Phi) is 3.04. The lowest BCUT2D eigenvalue weighted by atomic mass is 10.4. The number of rotatable bonds is 2. The molecule has 0 aliphatic rings. The Balaban J connectivity index is 2.83. The van der Waals surface area contributed by atoms with Crippen LogP contribution < -0.4 is 5.73 Å². The number of allylic oxidation sites excluding steroid dienone is 1. The molecule has 0 aliphatic carbocycles. The average molecular weight is 103 g/mol. The van der Waals surface area contributed by atoms with Gasteiger partial charge < -0.3 is 5.73 Å². The van der Waals surface area contributed by atoms with E-state index in [4.69, 9.17) is 5.73 Å². The SMILES string of the molecule is C=C(N)CCS. The first-order valence-corrected chi connectivity index (χ1v) is 2.44. The summed E-state index contributed by atoms with van der Waals surface area (Å²) in [5, 5.41) is 0. The standard InChI is InChI=1S/C4H9NS/c1-4(5)2-3-6/h6H,1-3,5H2. The van der Waals surface area contributed by atoms with Gasteiger partial charge in [0.1, 0.15) is 0 Å². The maximum atomic E-state index is 5.16. The topological polar surface area (TPSA) is 26.0 Å². The molecule has 0 rings (SSSR count). The minimum Gasteiger partial charge on any atom is -0.402 e. The van der Waals surface area contributed by atoms with Crippen molar-refractivity contribution in [3.63, 3.8) is 0 Å². The van der Waals surface area contributed by atoms with Crippen LogP contribution in [0.15, 0.2) is 12.3 Å². The summed E-state index contributed by atoms with van der Waals surface area (Å²) < 4.78 is 0. The second-order valence-corrected chi connectivity index (χ2v) is 1.58. The van der Waals surface area contributed by atoms with E-state index in [0.29, 0.717) is 5.70 Å². The average Bonchev–Trinajstić information content (AvgIpc) is 1.35. The lowest BCUT2D eigenvalue weighted by Gasteiger charge is -1.87. The number of thiol groups is 1. The molecule has 0 saturated heterocycles. The Labute approximate surface area is 43.6 Å². The summed E-state index contributed by atoms with van der Waals surface area (Å²) in [7, 11) is 0. The molecule has 0 unspecified atom stereocenters. The molecule has 0 aromatic carbocycles. The van der Waals surface area contributed by atoms with Gasteiger partial charge in [-0.3, -0.25) is 0 Å². The molecule has 0 saturated carbocycles. The second-order valence-electron chi connectivity index (χ2n) is 1.13. The van der Waals surface area contributed by atoms with E-state index in [1.807, 2.05) is 0 Å². The first-order chi connectivity index (χ1) is 2.77. The van der Waals surface area contributed by atoms with E-state index in [1.54, 1.807) is 0 Å². The van der Waals surface area contributed by atoms with E-state index in [-0.39, 0.29) is 0 Å².